The number of carbonyl (C=O) groups excluding carboxylic acids is 1. The summed E-state index contributed by atoms with van der Waals surface area (Å²) < 4.78 is 30.9. The van der Waals surface area contributed by atoms with Crippen LogP contribution in [0.25, 0.3) is 3.58 Å². The van der Waals surface area contributed by atoms with Gasteiger partial charge in [-0.25, -0.2) is 0 Å². The van der Waals surface area contributed by atoms with Crippen molar-refractivity contribution < 1.29 is 18.7 Å². The molecule has 2 aromatic rings. The number of alkyl halides is 3. The number of alkyl carbamates (subject to hydrolysis) is 1. The standard InChI is InChI=1S/C25H28FI3N2O3/c1-24(2,3)34-23(32)30-15-5-6-17-7-9-18(10-8-17)21-16-22(25(26,27)28)31-29(21)19-11-13-20(33-4)14-12-19/h7-14,16H,5-6,15H2,1-4H3,(H,30,32). The molecule has 2 aromatic carbocycles. The number of amides is 1. The molecule has 0 bridgehead atoms. The van der Waals surface area contributed by atoms with E-state index in [-0.39, 0.29) is 0 Å². The summed E-state index contributed by atoms with van der Waals surface area (Å²) in [6.45, 7) is 6.09. The number of nitrogens with one attached hydrogen (secondary N) is 1. The molecule has 1 amide bonds. The van der Waals surface area contributed by atoms with Crippen molar-refractivity contribution in [1.29, 1.82) is 0 Å². The number of hydrogen-bond donors (Lipinski definition) is 1. The Hall–Kier alpha value is -0.960. The Morgan fingerprint density at radius 2 is 1.74 bits per heavy atom. The fourth-order valence-electron chi connectivity index (χ4n) is 3.13. The molecule has 9 heteroatoms. The van der Waals surface area contributed by atoms with Crippen LogP contribution in [0, 0.1) is 3.57 Å². The number of ether oxygens (including phenoxy) is 2. The quantitative estimate of drug-likeness (QED) is 0.169. The van der Waals surface area contributed by atoms with Gasteiger partial charge in [-0.05, 0) is 20.8 Å². The first-order valence-electron chi connectivity index (χ1n) is 10.7. The summed E-state index contributed by atoms with van der Waals surface area (Å²) in [6.07, 6.45) is 3.18. The molecule has 3 rings (SSSR count). The van der Waals surface area contributed by atoms with Crippen molar-refractivity contribution in [2.24, 2.45) is 3.21 Å². The SMILES string of the molecule is COc1ccc(I2N=C(C(F)(I)I)C=C2c2ccc(CCCNC(=O)OC(C)(C)C)cc2)cc1. The van der Waals surface area contributed by atoms with Crippen molar-refractivity contribution in [2.45, 2.75) is 40.9 Å². The molecule has 0 unspecified atom stereocenters. The van der Waals surface area contributed by atoms with E-state index in [0.29, 0.717) is 12.3 Å². The van der Waals surface area contributed by atoms with Gasteiger partial charge in [0.15, 0.2) is 0 Å². The van der Waals surface area contributed by atoms with E-state index in [4.69, 9.17) is 12.7 Å². The van der Waals surface area contributed by atoms with Crippen LogP contribution >= 0.6 is 65.3 Å². The van der Waals surface area contributed by atoms with Crippen LogP contribution in [0.3, 0.4) is 0 Å². The Balaban J connectivity index is 1.68. The van der Waals surface area contributed by atoms with E-state index in [0.717, 1.165) is 31.3 Å². The molecule has 184 valence electrons. The van der Waals surface area contributed by atoms with Gasteiger partial charge >= 0.3 is 217 Å². The number of carbonyl (C=O) groups is 1. The normalized spacial score (nSPS) is 15.0. The van der Waals surface area contributed by atoms with Crippen molar-refractivity contribution >= 4 is 80.7 Å². The van der Waals surface area contributed by atoms with Crippen molar-refractivity contribution in [1.82, 2.24) is 5.32 Å². The molecule has 34 heavy (non-hydrogen) atoms. The van der Waals surface area contributed by atoms with Crippen LogP contribution in [0.15, 0.2) is 57.8 Å². The molecule has 0 aliphatic carbocycles. The molecule has 1 heterocycles. The summed E-state index contributed by atoms with van der Waals surface area (Å²) in [4.78, 5) is 11.8. The Kier molecular flexibility index (Phi) is 9.63. The number of halogens is 4. The summed E-state index contributed by atoms with van der Waals surface area (Å²) in [5.41, 5.74) is 2.25. The Morgan fingerprint density at radius 1 is 1.09 bits per heavy atom. The maximum absolute atomic E-state index is 14.7. The summed E-state index contributed by atoms with van der Waals surface area (Å²) in [7, 11) is 1.64. The molecule has 1 N–H and O–H groups in total. The topological polar surface area (TPSA) is 59.9 Å². The Labute approximate surface area is 235 Å². The van der Waals surface area contributed by atoms with Crippen LogP contribution in [0.2, 0.25) is 0 Å². The van der Waals surface area contributed by atoms with E-state index in [1.165, 1.54) is 5.56 Å². The molecule has 0 spiro atoms. The zero-order chi connectivity index (χ0) is 24.9. The summed E-state index contributed by atoms with van der Waals surface area (Å²) in [5, 5.41) is 2.79. The van der Waals surface area contributed by atoms with Gasteiger partial charge in [0.2, 0.25) is 0 Å². The fourth-order valence-corrected chi connectivity index (χ4v) is 9.39. The molecule has 5 nitrogen and oxygen atoms in total. The average molecular weight is 804 g/mol. The van der Waals surface area contributed by atoms with Crippen molar-refractivity contribution in [3.63, 3.8) is 0 Å². The molecule has 0 atom stereocenters. The minimum atomic E-state index is -2.18. The third-order valence-electron chi connectivity index (χ3n) is 4.72. The molecule has 0 fully saturated rings. The third-order valence-corrected chi connectivity index (χ3v) is 10.8. The molecule has 1 aliphatic rings. The van der Waals surface area contributed by atoms with Gasteiger partial charge in [0.1, 0.15) is 0 Å². The molecule has 0 saturated heterocycles. The van der Waals surface area contributed by atoms with Crippen molar-refractivity contribution in [3.05, 3.63) is 69.3 Å². The van der Waals surface area contributed by atoms with Gasteiger partial charge in [-0.1, -0.05) is 0 Å². The number of benzene rings is 2. The Morgan fingerprint density at radius 3 is 2.29 bits per heavy atom. The monoisotopic (exact) mass is 804 g/mol. The number of aryl methyl sites for hydroxylation is 1. The molecular weight excluding hydrogens is 776 g/mol. The zero-order valence-electron chi connectivity index (χ0n) is 19.5. The molecule has 0 saturated carbocycles. The first kappa shape index (κ1) is 27.6. The van der Waals surface area contributed by atoms with Gasteiger partial charge in [0.25, 0.3) is 0 Å². The number of methoxy groups -OCH3 is 1. The van der Waals surface area contributed by atoms with Gasteiger partial charge in [-0.3, -0.25) is 0 Å². The van der Waals surface area contributed by atoms with Gasteiger partial charge in [-0.15, -0.1) is 0 Å². The predicted molar refractivity (Wildman–Crippen MR) is 162 cm³/mol. The van der Waals surface area contributed by atoms with Crippen molar-refractivity contribution in [3.8, 4) is 5.75 Å². The van der Waals surface area contributed by atoms with Crippen molar-refractivity contribution in [2.75, 3.05) is 13.7 Å². The van der Waals surface area contributed by atoms with Crippen LogP contribution < -0.4 is 10.1 Å². The van der Waals surface area contributed by atoms with Gasteiger partial charge < -0.3 is 0 Å². The summed E-state index contributed by atoms with van der Waals surface area (Å²) >= 11 is 1.41. The van der Waals surface area contributed by atoms with Crippen LogP contribution in [-0.2, 0) is 11.2 Å². The van der Waals surface area contributed by atoms with Crippen LogP contribution in [0.4, 0.5) is 9.18 Å². The average Bonchev–Trinajstić information content (AvgIpc) is 3.22. The van der Waals surface area contributed by atoms with Crippen LogP contribution in [-0.4, -0.2) is 32.7 Å². The van der Waals surface area contributed by atoms with Gasteiger partial charge in [0.05, 0.1) is 0 Å². The molecule has 1 aliphatic heterocycles. The van der Waals surface area contributed by atoms with E-state index in [2.05, 4.69) is 29.6 Å². The van der Waals surface area contributed by atoms with E-state index >= 15 is 0 Å². The second kappa shape index (κ2) is 11.8. The summed E-state index contributed by atoms with van der Waals surface area (Å²) in [5.74, 6) is 0.793. The predicted octanol–water partition coefficient (Wildman–Crippen LogP) is 7.73. The minimum absolute atomic E-state index is 0.392. The Bertz CT molecular complexity index is 1060. The molecular formula is C25H28FI3N2O3. The second-order valence-corrected chi connectivity index (χ2v) is 18.0. The van der Waals surface area contributed by atoms with E-state index < -0.39 is 33.5 Å². The number of allylic oxidation sites excluding steroid dienone is 1. The first-order chi connectivity index (χ1) is 16.0. The van der Waals surface area contributed by atoms with Gasteiger partial charge in [0, 0.05) is 0 Å². The van der Waals surface area contributed by atoms with E-state index in [1.54, 1.807) is 52.3 Å². The van der Waals surface area contributed by atoms with Crippen LogP contribution in [0.5, 0.6) is 5.75 Å². The zero-order valence-corrected chi connectivity index (χ0v) is 26.0. The molecule has 0 aromatic heterocycles. The third kappa shape index (κ3) is 8.04. The summed E-state index contributed by atoms with van der Waals surface area (Å²) in [6, 6.07) is 16.3. The van der Waals surface area contributed by atoms with Gasteiger partial charge in [-0.2, -0.15) is 0 Å². The molecule has 0 radical (unpaired) electrons. The van der Waals surface area contributed by atoms with E-state index in [9.17, 15) is 9.18 Å². The fraction of sp³-hybridized carbons (Fsp3) is 0.360. The maximum atomic E-state index is 14.7. The van der Waals surface area contributed by atoms with E-state index in [1.807, 2.05) is 51.1 Å². The number of nitrogens with zero attached hydrogens (tertiary/aromatic N) is 1. The number of rotatable bonds is 8. The first-order valence-corrected chi connectivity index (χ1v) is 16.0. The van der Waals surface area contributed by atoms with Crippen LogP contribution in [0.1, 0.15) is 38.3 Å². The number of hydrogen-bond acceptors (Lipinski definition) is 4. The second-order valence-electron chi connectivity index (χ2n) is 8.61.